The highest BCUT2D eigenvalue weighted by atomic mass is 19.4. The van der Waals surface area contributed by atoms with E-state index in [0.717, 1.165) is 19.5 Å². The number of benzene rings is 2. The number of anilines is 1. The van der Waals surface area contributed by atoms with Crippen molar-refractivity contribution in [1.82, 2.24) is 9.80 Å². The van der Waals surface area contributed by atoms with Gasteiger partial charge in [0.05, 0.1) is 12.1 Å². The zero-order valence-electron chi connectivity index (χ0n) is 18.1. The molecule has 5 rings (SSSR count). The minimum Gasteiger partial charge on any atom is -0.338 e. The quantitative estimate of drug-likeness (QED) is 0.653. The maximum atomic E-state index is 13.9. The van der Waals surface area contributed by atoms with Gasteiger partial charge in [0, 0.05) is 42.8 Å². The number of likely N-dealkylation sites (tertiary alicyclic amines) is 2. The molecule has 2 aromatic rings. The van der Waals surface area contributed by atoms with Gasteiger partial charge in [0.25, 0.3) is 5.91 Å². The molecule has 0 unspecified atom stereocenters. The van der Waals surface area contributed by atoms with Gasteiger partial charge in [-0.3, -0.25) is 14.5 Å². The van der Waals surface area contributed by atoms with Gasteiger partial charge in [-0.05, 0) is 54.4 Å². The van der Waals surface area contributed by atoms with Crippen molar-refractivity contribution in [2.45, 2.75) is 25.7 Å². The zero-order chi connectivity index (χ0) is 23.4. The molecule has 0 atom stereocenters. The first-order valence-electron chi connectivity index (χ1n) is 10.9. The van der Waals surface area contributed by atoms with Crippen LogP contribution in [-0.4, -0.2) is 47.8 Å². The predicted molar refractivity (Wildman–Crippen MR) is 118 cm³/mol. The van der Waals surface area contributed by atoms with Gasteiger partial charge < -0.3 is 9.80 Å². The van der Waals surface area contributed by atoms with E-state index in [2.05, 4.69) is 11.5 Å². The molecule has 2 fully saturated rings. The lowest BCUT2D eigenvalue weighted by Crippen LogP contribution is -2.59. The summed E-state index contributed by atoms with van der Waals surface area (Å²) in [7, 11) is 0. The molecule has 1 spiro atoms. The van der Waals surface area contributed by atoms with Crippen LogP contribution in [0, 0.1) is 5.41 Å². The fourth-order valence-electron chi connectivity index (χ4n) is 5.36. The van der Waals surface area contributed by atoms with Crippen LogP contribution in [0.15, 0.2) is 55.1 Å². The number of rotatable bonds is 4. The van der Waals surface area contributed by atoms with Crippen LogP contribution < -0.4 is 4.90 Å². The first kappa shape index (κ1) is 21.7. The van der Waals surface area contributed by atoms with Crippen LogP contribution in [0.5, 0.6) is 0 Å². The van der Waals surface area contributed by atoms with Gasteiger partial charge in [-0.1, -0.05) is 24.8 Å². The average Bonchev–Trinajstić information content (AvgIpc) is 3.33. The highest BCUT2D eigenvalue weighted by Crippen LogP contribution is 2.42. The number of nitrogens with zero attached hydrogens (tertiary/aromatic N) is 3. The van der Waals surface area contributed by atoms with E-state index < -0.39 is 17.6 Å². The summed E-state index contributed by atoms with van der Waals surface area (Å²) in [5, 5.41) is 0. The molecule has 2 saturated heterocycles. The first-order valence-corrected chi connectivity index (χ1v) is 10.9. The third kappa shape index (κ3) is 3.82. The number of para-hydroxylation sites is 1. The molecule has 33 heavy (non-hydrogen) atoms. The van der Waals surface area contributed by atoms with Crippen LogP contribution >= 0.6 is 0 Å². The van der Waals surface area contributed by atoms with E-state index in [4.69, 9.17) is 0 Å². The Morgan fingerprint density at radius 2 is 1.85 bits per heavy atom. The van der Waals surface area contributed by atoms with Gasteiger partial charge in [0.2, 0.25) is 5.91 Å². The molecule has 2 aromatic carbocycles. The third-order valence-electron chi connectivity index (χ3n) is 6.94. The number of halogens is 3. The minimum atomic E-state index is -4.54. The second-order valence-electron chi connectivity index (χ2n) is 9.25. The van der Waals surface area contributed by atoms with Crippen LogP contribution in [0.4, 0.5) is 18.9 Å². The van der Waals surface area contributed by atoms with Gasteiger partial charge in [-0.25, -0.2) is 0 Å². The topological polar surface area (TPSA) is 43.9 Å². The Morgan fingerprint density at radius 3 is 2.52 bits per heavy atom. The number of amides is 2. The number of hydrogen-bond acceptors (Lipinski definition) is 3. The highest BCUT2D eigenvalue weighted by molar-refractivity contribution is 6.10. The van der Waals surface area contributed by atoms with E-state index in [1.54, 1.807) is 41.3 Å². The smallest absolute Gasteiger partial charge is 0.338 e. The van der Waals surface area contributed by atoms with E-state index in [1.165, 1.54) is 17.0 Å². The summed E-state index contributed by atoms with van der Waals surface area (Å²) in [4.78, 5) is 30.1. The molecule has 172 valence electrons. The summed E-state index contributed by atoms with van der Waals surface area (Å²) in [5.41, 5.74) is 0.502. The molecular formula is C25H24F3N3O2. The number of hydrogen-bond donors (Lipinski definition) is 0. The monoisotopic (exact) mass is 455 g/mol. The summed E-state index contributed by atoms with van der Waals surface area (Å²) in [6, 6.07) is 11.6. The zero-order valence-corrected chi connectivity index (χ0v) is 18.1. The molecule has 5 nitrogen and oxygen atoms in total. The maximum absolute atomic E-state index is 13.9. The molecular weight excluding hydrogens is 431 g/mol. The maximum Gasteiger partial charge on any atom is 0.416 e. The van der Waals surface area contributed by atoms with Gasteiger partial charge in [-0.15, -0.1) is 0 Å². The molecule has 0 N–H and O–H groups in total. The fraction of sp³-hybridized carbons (Fsp3) is 0.360. The van der Waals surface area contributed by atoms with E-state index in [-0.39, 0.29) is 29.0 Å². The summed E-state index contributed by atoms with van der Waals surface area (Å²) in [5.74, 6) is -0.493. The lowest BCUT2D eigenvalue weighted by atomic mass is 9.79. The van der Waals surface area contributed by atoms with Gasteiger partial charge in [-0.2, -0.15) is 13.2 Å². The van der Waals surface area contributed by atoms with Crippen molar-refractivity contribution in [3.05, 3.63) is 77.4 Å². The van der Waals surface area contributed by atoms with Crippen LogP contribution in [0.3, 0.4) is 0 Å². The van der Waals surface area contributed by atoms with Crippen LogP contribution in [0.2, 0.25) is 0 Å². The van der Waals surface area contributed by atoms with E-state index in [1.807, 2.05) is 0 Å². The summed E-state index contributed by atoms with van der Waals surface area (Å²) in [6.45, 7) is 6.53. The Balaban J connectivity index is 1.38. The fourth-order valence-corrected chi connectivity index (χ4v) is 5.36. The van der Waals surface area contributed by atoms with Crippen molar-refractivity contribution in [2.24, 2.45) is 5.41 Å². The molecule has 0 saturated carbocycles. The molecule has 3 aliphatic heterocycles. The third-order valence-corrected chi connectivity index (χ3v) is 6.94. The summed E-state index contributed by atoms with van der Waals surface area (Å²) >= 11 is 0. The van der Waals surface area contributed by atoms with Gasteiger partial charge in [0.15, 0.2) is 0 Å². The normalized spacial score (nSPS) is 19.7. The lowest BCUT2D eigenvalue weighted by molar-refractivity contribution is -0.138. The minimum absolute atomic E-state index is 0.00217. The Bertz CT molecular complexity index is 1120. The van der Waals surface area contributed by atoms with Crippen molar-refractivity contribution in [3.63, 3.8) is 0 Å². The lowest BCUT2D eigenvalue weighted by Gasteiger charge is -2.47. The van der Waals surface area contributed by atoms with E-state index >= 15 is 0 Å². The number of fused-ring (bicyclic) bond motifs is 1. The SMILES string of the molecule is C=CC(=O)N1CC2(CCN(Cc3cc4c(c(C(F)(F)F)c3)CN(c3ccccc3)C4=O)C2)C1. The Morgan fingerprint density at radius 1 is 1.12 bits per heavy atom. The van der Waals surface area contributed by atoms with Crippen LogP contribution in [0.25, 0.3) is 0 Å². The second-order valence-corrected chi connectivity index (χ2v) is 9.25. The van der Waals surface area contributed by atoms with E-state index in [9.17, 15) is 22.8 Å². The van der Waals surface area contributed by atoms with Crippen molar-refractivity contribution >= 4 is 17.5 Å². The van der Waals surface area contributed by atoms with Crippen LogP contribution in [0.1, 0.15) is 33.5 Å². The predicted octanol–water partition coefficient (Wildman–Crippen LogP) is 4.09. The second kappa shape index (κ2) is 7.73. The van der Waals surface area contributed by atoms with Crippen molar-refractivity contribution in [1.29, 1.82) is 0 Å². The molecule has 0 radical (unpaired) electrons. The largest absolute Gasteiger partial charge is 0.416 e. The number of carbonyl (C=O) groups is 2. The Hall–Kier alpha value is -3.13. The Labute approximate surface area is 190 Å². The van der Waals surface area contributed by atoms with Crippen molar-refractivity contribution in [3.8, 4) is 0 Å². The highest BCUT2D eigenvalue weighted by Gasteiger charge is 2.49. The number of alkyl halides is 3. The molecule has 0 bridgehead atoms. The molecule has 3 heterocycles. The van der Waals surface area contributed by atoms with Gasteiger partial charge in [0.1, 0.15) is 0 Å². The summed E-state index contributed by atoms with van der Waals surface area (Å²) in [6.07, 6.45) is -2.34. The van der Waals surface area contributed by atoms with E-state index in [0.29, 0.717) is 30.9 Å². The molecule has 8 heteroatoms. The molecule has 2 amide bonds. The standard InChI is InChI=1S/C25H24F3N3O2/c1-2-22(32)30-15-24(16-30)8-9-29(14-24)12-17-10-19-20(21(11-17)25(26,27)28)13-31(23(19)33)18-6-4-3-5-7-18/h2-7,10-11H,1,8-9,12-16H2. The first-order chi connectivity index (χ1) is 15.7. The van der Waals surface area contributed by atoms with Crippen LogP contribution in [-0.2, 0) is 24.1 Å². The average molecular weight is 455 g/mol. The molecule has 0 aromatic heterocycles. The van der Waals surface area contributed by atoms with Gasteiger partial charge >= 0.3 is 6.18 Å². The van der Waals surface area contributed by atoms with Crippen molar-refractivity contribution in [2.75, 3.05) is 31.1 Å². The molecule has 3 aliphatic rings. The summed E-state index contributed by atoms with van der Waals surface area (Å²) < 4.78 is 41.8. The van der Waals surface area contributed by atoms with Crippen molar-refractivity contribution < 1.29 is 22.8 Å². The Kier molecular flexibility index (Phi) is 5.08. The number of carbonyl (C=O) groups excluding carboxylic acids is 2. The molecule has 0 aliphatic carbocycles.